The summed E-state index contributed by atoms with van der Waals surface area (Å²) < 4.78 is 42.6. The molecule has 14 heteroatoms. The topological polar surface area (TPSA) is 111 Å². The van der Waals surface area contributed by atoms with Gasteiger partial charge in [0.1, 0.15) is 0 Å². The Morgan fingerprint density at radius 1 is 0.875 bits per heavy atom. The number of hydrogen-bond donors (Lipinski definition) is 2. The second-order valence-electron chi connectivity index (χ2n) is 10.5. The van der Waals surface area contributed by atoms with Crippen molar-refractivity contribution in [3.05, 3.63) is 87.2 Å². The number of alkyl halides is 1. The average Bonchev–Trinajstić information content (AvgIpc) is 3.61. The van der Waals surface area contributed by atoms with Crippen molar-refractivity contribution in [1.29, 1.82) is 0 Å². The number of esters is 2. The van der Waals surface area contributed by atoms with Crippen LogP contribution in [0.1, 0.15) is 91.7 Å². The molecule has 0 amide bonds. The van der Waals surface area contributed by atoms with Crippen LogP contribution in [0.15, 0.2) is 36.4 Å². The number of ether oxygens (including phenoxy) is 2. The SMILES string of the molecule is CCOC(=O)c1c(Nc2ccc(I)cc2F)sc(C(C)=O)c1C(C)C[I-]c1ccc(Nc2sc(C(C)=O)c(CC)c2C(=O)OC)c(F)c1. The first-order chi connectivity index (χ1) is 22.8. The molecule has 0 aliphatic rings. The molecule has 0 saturated heterocycles. The zero-order valence-corrected chi connectivity index (χ0v) is 32.9. The van der Waals surface area contributed by atoms with Crippen LogP contribution in [0.25, 0.3) is 0 Å². The Kier molecular flexibility index (Phi) is 13.1. The minimum atomic E-state index is -0.808. The zero-order chi connectivity index (χ0) is 35.3. The van der Waals surface area contributed by atoms with Gasteiger partial charge in [-0.15, -0.1) is 0 Å². The molecule has 256 valence electrons. The quantitative estimate of drug-likeness (QED) is 0.0670. The Hall–Kier alpha value is -2.96. The summed E-state index contributed by atoms with van der Waals surface area (Å²) in [6, 6.07) is 9.47. The van der Waals surface area contributed by atoms with Gasteiger partial charge in [0.05, 0.1) is 0 Å². The molecule has 48 heavy (non-hydrogen) atoms. The number of carbonyl (C=O) groups is 4. The van der Waals surface area contributed by atoms with E-state index < -0.39 is 44.8 Å². The van der Waals surface area contributed by atoms with Gasteiger partial charge >= 0.3 is 312 Å². The molecule has 2 aromatic carbocycles. The van der Waals surface area contributed by atoms with Crippen molar-refractivity contribution < 1.29 is 58.6 Å². The van der Waals surface area contributed by atoms with Crippen LogP contribution < -0.4 is 31.8 Å². The molecule has 2 aromatic heterocycles. The summed E-state index contributed by atoms with van der Waals surface area (Å²) in [6.45, 7) is 8.37. The molecule has 2 heterocycles. The van der Waals surface area contributed by atoms with Gasteiger partial charge in [-0.05, 0) is 0 Å². The average molecular weight is 922 g/mol. The predicted octanol–water partition coefficient (Wildman–Crippen LogP) is 6.17. The number of thiophene rings is 2. The molecule has 0 aliphatic heterocycles. The van der Waals surface area contributed by atoms with Crippen molar-refractivity contribution in [2.75, 3.05) is 28.8 Å². The number of rotatable bonds is 14. The first-order valence-corrected chi connectivity index (χ1v) is 20.1. The first kappa shape index (κ1) is 37.9. The van der Waals surface area contributed by atoms with E-state index in [1.54, 1.807) is 31.2 Å². The summed E-state index contributed by atoms with van der Waals surface area (Å²) in [4.78, 5) is 51.7. The predicted molar refractivity (Wildman–Crippen MR) is 189 cm³/mol. The van der Waals surface area contributed by atoms with E-state index in [0.717, 1.165) is 26.2 Å². The monoisotopic (exact) mass is 921 g/mol. The second kappa shape index (κ2) is 16.6. The Morgan fingerprint density at radius 2 is 1.46 bits per heavy atom. The van der Waals surface area contributed by atoms with Crippen molar-refractivity contribution in [3.63, 3.8) is 0 Å². The van der Waals surface area contributed by atoms with Crippen molar-refractivity contribution >= 4 is 90.1 Å². The Balaban J connectivity index is 1.62. The summed E-state index contributed by atoms with van der Waals surface area (Å²) in [5, 5.41) is 6.64. The molecule has 4 rings (SSSR count). The number of Topliss-reactive ketones (excluding diaryl/α,β-unsaturated/α-hetero) is 2. The van der Waals surface area contributed by atoms with Crippen LogP contribution in [0.2, 0.25) is 0 Å². The van der Waals surface area contributed by atoms with Gasteiger partial charge < -0.3 is 0 Å². The number of anilines is 4. The molecule has 0 spiro atoms. The standard InChI is InChI=1S/C34H33F2I2N2O6S2/c1-7-21-27(33(43)45-6)31(47-29(21)17(4)41)39-25-12-10-20(14-23(25)36)38-15-16(3)26-28(34(44)46-8-2)32(48-30(26)18(5)42)40-24-11-9-19(37)13-22(24)35/h9-14,16,39-40H,7-8,15H2,1-6H3/q-1. The molecule has 0 aliphatic carbocycles. The molecule has 0 saturated carbocycles. The molecule has 1 atom stereocenters. The molecule has 2 N–H and O–H groups in total. The van der Waals surface area contributed by atoms with E-state index in [2.05, 4.69) is 10.6 Å². The van der Waals surface area contributed by atoms with Crippen LogP contribution in [-0.2, 0) is 15.9 Å². The summed E-state index contributed by atoms with van der Waals surface area (Å²) in [7, 11) is 1.25. The van der Waals surface area contributed by atoms with Crippen LogP contribution in [-0.4, -0.2) is 41.6 Å². The van der Waals surface area contributed by atoms with Crippen LogP contribution in [0.5, 0.6) is 0 Å². The maximum absolute atomic E-state index is 15.5. The van der Waals surface area contributed by atoms with Crippen LogP contribution in [0.3, 0.4) is 0 Å². The van der Waals surface area contributed by atoms with Crippen molar-refractivity contribution in [1.82, 2.24) is 0 Å². The third-order valence-electron chi connectivity index (χ3n) is 7.13. The molecule has 4 aromatic rings. The van der Waals surface area contributed by atoms with Gasteiger partial charge in [-0.1, -0.05) is 0 Å². The number of halogens is 4. The van der Waals surface area contributed by atoms with E-state index >= 15 is 4.39 Å². The third kappa shape index (κ3) is 8.42. The molecule has 0 fully saturated rings. The zero-order valence-electron chi connectivity index (χ0n) is 26.9. The number of benzene rings is 2. The Labute approximate surface area is 309 Å². The van der Waals surface area contributed by atoms with E-state index in [9.17, 15) is 23.6 Å². The number of nitrogens with one attached hydrogen (secondary N) is 2. The second-order valence-corrected chi connectivity index (χ2v) is 16.7. The van der Waals surface area contributed by atoms with Crippen LogP contribution >= 0.6 is 45.3 Å². The number of ketones is 2. The first-order valence-electron chi connectivity index (χ1n) is 14.8. The van der Waals surface area contributed by atoms with Gasteiger partial charge in [0.25, 0.3) is 0 Å². The van der Waals surface area contributed by atoms with Crippen molar-refractivity contribution in [2.45, 2.75) is 47.0 Å². The van der Waals surface area contributed by atoms with Gasteiger partial charge in [0.2, 0.25) is 0 Å². The fourth-order valence-corrected chi connectivity index (χ4v) is 10.3. The Morgan fingerprint density at radius 3 is 2.00 bits per heavy atom. The van der Waals surface area contributed by atoms with E-state index in [0.29, 0.717) is 45.3 Å². The summed E-state index contributed by atoms with van der Waals surface area (Å²) in [6.07, 6.45) is 0.426. The summed E-state index contributed by atoms with van der Waals surface area (Å²) in [5.74, 6) is -2.98. The number of carbonyl (C=O) groups excluding carboxylic acids is 4. The van der Waals surface area contributed by atoms with E-state index in [4.69, 9.17) is 9.47 Å². The third-order valence-corrected chi connectivity index (χ3v) is 13.6. The molecular weight excluding hydrogens is 888 g/mol. The maximum atomic E-state index is 15.5. The molecule has 0 bridgehead atoms. The molecule has 8 nitrogen and oxygen atoms in total. The fraction of sp³-hybridized carbons (Fsp3) is 0.294. The van der Waals surface area contributed by atoms with Gasteiger partial charge in [-0.2, -0.15) is 0 Å². The van der Waals surface area contributed by atoms with Crippen molar-refractivity contribution in [3.8, 4) is 0 Å². The normalized spacial score (nSPS) is 11.7. The molecule has 1 unspecified atom stereocenters. The number of methoxy groups -OCH3 is 1. The summed E-state index contributed by atoms with van der Waals surface area (Å²) in [5.41, 5.74) is 1.80. The van der Waals surface area contributed by atoms with Gasteiger partial charge in [-0.25, -0.2) is 0 Å². The van der Waals surface area contributed by atoms with Crippen LogP contribution in [0.4, 0.5) is 30.2 Å². The van der Waals surface area contributed by atoms with Crippen LogP contribution in [0, 0.1) is 18.8 Å². The van der Waals surface area contributed by atoms with Gasteiger partial charge in [-0.3, -0.25) is 0 Å². The van der Waals surface area contributed by atoms with Gasteiger partial charge in [0.15, 0.2) is 0 Å². The molecular formula is C34H33F2I2N2O6S2-. The minimum absolute atomic E-state index is 0.115. The summed E-state index contributed by atoms with van der Waals surface area (Å²) >= 11 is 3.36. The van der Waals surface area contributed by atoms with E-state index in [-0.39, 0.29) is 46.6 Å². The van der Waals surface area contributed by atoms with Gasteiger partial charge in [0, 0.05) is 0 Å². The van der Waals surface area contributed by atoms with E-state index in [1.807, 2.05) is 36.4 Å². The number of hydrogen-bond acceptors (Lipinski definition) is 10. The van der Waals surface area contributed by atoms with E-state index in [1.165, 1.54) is 33.1 Å². The molecule has 0 radical (unpaired) electrons. The Bertz CT molecular complexity index is 1890. The van der Waals surface area contributed by atoms with Crippen molar-refractivity contribution in [2.24, 2.45) is 0 Å². The fourth-order valence-electron chi connectivity index (χ4n) is 4.95.